The molecule has 0 bridgehead atoms. The van der Waals surface area contributed by atoms with Crippen LogP contribution in [-0.2, 0) is 14.9 Å². The van der Waals surface area contributed by atoms with E-state index in [1.54, 1.807) is 6.92 Å². The lowest BCUT2D eigenvalue weighted by Crippen LogP contribution is -2.61. The molecule has 1 unspecified atom stereocenters. The molecule has 3 aromatic rings. The van der Waals surface area contributed by atoms with E-state index in [1.807, 2.05) is 18.3 Å². The number of carbonyl (C=O) groups excluding carboxylic acids is 1. The average molecular weight is 513 g/mol. The number of carbonyl (C=O) groups is 1. The summed E-state index contributed by atoms with van der Waals surface area (Å²) in [7, 11) is 2.08. The van der Waals surface area contributed by atoms with Crippen molar-refractivity contribution in [1.29, 1.82) is 0 Å². The molecule has 0 radical (unpaired) electrons. The number of benzene rings is 3. The first-order chi connectivity index (χ1) is 18.2. The van der Waals surface area contributed by atoms with Crippen molar-refractivity contribution in [2.45, 2.75) is 57.6 Å². The SMILES string of the molecule is C=C(C)C(=O)OCCCCCCOc1ccc2ccc3c(c2c1)N=CC1(O3)N(C)c2ccccc2C1(C)C. The number of likely N-dealkylation sites (N-methyl/N-ethyl adjacent to an activating group) is 1. The number of hydrogen-bond donors (Lipinski definition) is 0. The minimum atomic E-state index is -0.700. The number of esters is 1. The Bertz CT molecular complexity index is 1410. The number of ether oxygens (including phenoxy) is 3. The minimum absolute atomic E-state index is 0.286. The van der Waals surface area contributed by atoms with Crippen LogP contribution in [0.25, 0.3) is 10.8 Å². The first kappa shape index (κ1) is 25.8. The van der Waals surface area contributed by atoms with Crippen molar-refractivity contribution in [2.75, 3.05) is 25.2 Å². The summed E-state index contributed by atoms with van der Waals surface area (Å²) in [5.74, 6) is 1.28. The Morgan fingerprint density at radius 3 is 2.53 bits per heavy atom. The first-order valence-electron chi connectivity index (χ1n) is 13.3. The van der Waals surface area contributed by atoms with Gasteiger partial charge < -0.3 is 19.1 Å². The largest absolute Gasteiger partial charge is 0.494 e. The second kappa shape index (κ2) is 10.2. The molecule has 2 heterocycles. The topological polar surface area (TPSA) is 60.4 Å². The van der Waals surface area contributed by atoms with E-state index in [1.165, 1.54) is 5.56 Å². The second-order valence-electron chi connectivity index (χ2n) is 10.7. The molecule has 2 aliphatic heterocycles. The monoisotopic (exact) mass is 512 g/mol. The number of fused-ring (bicyclic) bond motifs is 4. The minimum Gasteiger partial charge on any atom is -0.494 e. The van der Waals surface area contributed by atoms with Gasteiger partial charge in [0.1, 0.15) is 17.2 Å². The highest BCUT2D eigenvalue weighted by molar-refractivity contribution is 6.00. The van der Waals surface area contributed by atoms with Gasteiger partial charge in [0.25, 0.3) is 0 Å². The van der Waals surface area contributed by atoms with Gasteiger partial charge in [-0.05, 0) is 81.7 Å². The van der Waals surface area contributed by atoms with Crippen LogP contribution < -0.4 is 14.4 Å². The van der Waals surface area contributed by atoms with Gasteiger partial charge in [-0.3, -0.25) is 4.99 Å². The first-order valence-corrected chi connectivity index (χ1v) is 13.3. The molecule has 0 amide bonds. The maximum absolute atomic E-state index is 11.4. The highest BCUT2D eigenvalue weighted by atomic mass is 16.5. The van der Waals surface area contributed by atoms with Crippen LogP contribution in [0.1, 0.15) is 52.0 Å². The molecule has 0 saturated heterocycles. The van der Waals surface area contributed by atoms with E-state index in [9.17, 15) is 4.79 Å². The van der Waals surface area contributed by atoms with Gasteiger partial charge >= 0.3 is 5.97 Å². The van der Waals surface area contributed by atoms with Gasteiger partial charge in [-0.25, -0.2) is 4.79 Å². The fraction of sp³-hybridized carbons (Fsp3) is 0.375. The summed E-state index contributed by atoms with van der Waals surface area (Å²) in [6.07, 6.45) is 5.75. The van der Waals surface area contributed by atoms with Crippen LogP contribution in [0.15, 0.2) is 71.7 Å². The lowest BCUT2D eigenvalue weighted by molar-refractivity contribution is -0.139. The predicted octanol–water partition coefficient (Wildman–Crippen LogP) is 7.12. The van der Waals surface area contributed by atoms with Crippen molar-refractivity contribution in [2.24, 2.45) is 4.99 Å². The zero-order valence-electron chi connectivity index (χ0n) is 22.8. The van der Waals surface area contributed by atoms with Crippen molar-refractivity contribution in [3.05, 3.63) is 72.3 Å². The van der Waals surface area contributed by atoms with Crippen molar-refractivity contribution in [1.82, 2.24) is 0 Å². The van der Waals surface area contributed by atoms with Crippen molar-refractivity contribution >= 4 is 34.3 Å². The van der Waals surface area contributed by atoms with E-state index >= 15 is 0 Å². The summed E-state index contributed by atoms with van der Waals surface area (Å²) in [4.78, 5) is 18.6. The van der Waals surface area contributed by atoms with Gasteiger partial charge in [0.15, 0.2) is 0 Å². The summed E-state index contributed by atoms with van der Waals surface area (Å²) in [6.45, 7) is 10.8. The van der Waals surface area contributed by atoms with Crippen LogP contribution >= 0.6 is 0 Å². The van der Waals surface area contributed by atoms with Crippen LogP contribution in [0.4, 0.5) is 11.4 Å². The van der Waals surface area contributed by atoms with Crippen molar-refractivity contribution < 1.29 is 19.0 Å². The Labute approximate surface area is 224 Å². The third-order valence-electron chi connectivity index (χ3n) is 7.78. The third-order valence-corrected chi connectivity index (χ3v) is 7.78. The molecule has 1 spiro atoms. The Balaban J connectivity index is 1.25. The molecular weight excluding hydrogens is 476 g/mol. The van der Waals surface area contributed by atoms with Crippen molar-refractivity contribution in [3.8, 4) is 11.5 Å². The molecule has 6 heteroatoms. The Morgan fingerprint density at radius 2 is 1.76 bits per heavy atom. The lowest BCUT2D eigenvalue weighted by atomic mass is 9.77. The average Bonchev–Trinajstić information content (AvgIpc) is 3.07. The summed E-state index contributed by atoms with van der Waals surface area (Å²) >= 11 is 0. The van der Waals surface area contributed by atoms with Crippen LogP contribution in [0.3, 0.4) is 0 Å². The Morgan fingerprint density at radius 1 is 1.03 bits per heavy atom. The van der Waals surface area contributed by atoms with E-state index in [2.05, 4.69) is 74.8 Å². The smallest absolute Gasteiger partial charge is 0.333 e. The summed E-state index contributed by atoms with van der Waals surface area (Å²) < 4.78 is 18.0. The molecule has 198 valence electrons. The van der Waals surface area contributed by atoms with Gasteiger partial charge in [-0.1, -0.05) is 36.9 Å². The quantitative estimate of drug-likeness (QED) is 0.174. The lowest BCUT2D eigenvalue weighted by Gasteiger charge is -2.45. The van der Waals surface area contributed by atoms with Gasteiger partial charge in [0, 0.05) is 23.7 Å². The van der Waals surface area contributed by atoms with Crippen LogP contribution in [0.5, 0.6) is 11.5 Å². The number of anilines is 1. The number of hydrogen-bond acceptors (Lipinski definition) is 6. The molecule has 0 fully saturated rings. The molecule has 0 aliphatic carbocycles. The predicted molar refractivity (Wildman–Crippen MR) is 153 cm³/mol. The summed E-state index contributed by atoms with van der Waals surface area (Å²) in [5.41, 5.74) is 2.70. The number of rotatable bonds is 9. The van der Waals surface area contributed by atoms with E-state index < -0.39 is 5.72 Å². The highest BCUT2D eigenvalue weighted by Crippen LogP contribution is 2.54. The zero-order chi connectivity index (χ0) is 26.9. The standard InChI is InChI=1S/C32H36N2O4/c1-22(2)30(35)37-19-11-7-6-10-18-36-24-16-14-23-15-17-28-29(25(23)20-24)33-21-32(38-28)31(3,4)26-12-8-9-13-27(26)34(32)5/h8-9,12-17,20-21H,1,6-7,10-11,18-19H2,2-5H3. The van der Waals surface area contributed by atoms with Gasteiger partial charge in [-0.2, -0.15) is 0 Å². The zero-order valence-corrected chi connectivity index (χ0v) is 22.8. The molecule has 2 aliphatic rings. The molecule has 0 aromatic heterocycles. The number of nitrogens with zero attached hydrogens (tertiary/aromatic N) is 2. The van der Waals surface area contributed by atoms with Gasteiger partial charge in [0.05, 0.1) is 24.8 Å². The normalized spacial score (nSPS) is 18.7. The fourth-order valence-corrected chi connectivity index (χ4v) is 5.48. The Kier molecular flexibility index (Phi) is 6.91. The molecule has 6 nitrogen and oxygen atoms in total. The second-order valence-corrected chi connectivity index (χ2v) is 10.7. The molecule has 0 N–H and O–H groups in total. The molecule has 5 rings (SSSR count). The van der Waals surface area contributed by atoms with Gasteiger partial charge in [0.2, 0.25) is 5.72 Å². The maximum Gasteiger partial charge on any atom is 0.333 e. The Hall–Kier alpha value is -3.80. The van der Waals surface area contributed by atoms with Crippen LogP contribution in [0.2, 0.25) is 0 Å². The number of para-hydroxylation sites is 1. The summed E-state index contributed by atoms with van der Waals surface area (Å²) in [5, 5.41) is 2.11. The van der Waals surface area contributed by atoms with E-state index in [0.717, 1.165) is 59.3 Å². The van der Waals surface area contributed by atoms with Gasteiger partial charge in [-0.15, -0.1) is 0 Å². The number of unbranched alkanes of at least 4 members (excludes halogenated alkanes) is 3. The molecule has 1 atom stereocenters. The van der Waals surface area contributed by atoms with Crippen LogP contribution in [-0.4, -0.2) is 38.2 Å². The number of aliphatic imine (C=N–C) groups is 1. The molecule has 38 heavy (non-hydrogen) atoms. The third kappa shape index (κ3) is 4.42. The highest BCUT2D eigenvalue weighted by Gasteiger charge is 2.58. The molecule has 0 saturated carbocycles. The molecule has 3 aromatic carbocycles. The van der Waals surface area contributed by atoms with Crippen LogP contribution in [0, 0.1) is 0 Å². The molecular formula is C32H36N2O4. The maximum atomic E-state index is 11.4. The van der Waals surface area contributed by atoms with E-state index in [0.29, 0.717) is 18.8 Å². The summed E-state index contributed by atoms with van der Waals surface area (Å²) in [6, 6.07) is 18.7. The fourth-order valence-electron chi connectivity index (χ4n) is 5.48. The van der Waals surface area contributed by atoms with Crippen molar-refractivity contribution in [3.63, 3.8) is 0 Å². The van der Waals surface area contributed by atoms with E-state index in [4.69, 9.17) is 19.2 Å². The van der Waals surface area contributed by atoms with E-state index in [-0.39, 0.29) is 11.4 Å².